The monoisotopic (exact) mass is 195 g/mol. The molecule has 0 aliphatic carbocycles. The van der Waals surface area contributed by atoms with Crippen LogP contribution in [0.2, 0.25) is 0 Å². The highest BCUT2D eigenvalue weighted by Gasteiger charge is 2.08. The average Bonchev–Trinajstić information content (AvgIpc) is 2.26. The van der Waals surface area contributed by atoms with Gasteiger partial charge in [-0.15, -0.1) is 0 Å². The molecular formula is C11H21N3. The molecule has 3 nitrogen and oxygen atoms in total. The molecule has 3 N–H and O–H groups in total. The summed E-state index contributed by atoms with van der Waals surface area (Å²) in [5, 5.41) is 3.34. The minimum atomic E-state index is 0.922. The molecule has 0 saturated carbocycles. The summed E-state index contributed by atoms with van der Waals surface area (Å²) >= 11 is 0. The van der Waals surface area contributed by atoms with Crippen LogP contribution in [0.15, 0.2) is 23.5 Å². The molecule has 0 unspecified atom stereocenters. The van der Waals surface area contributed by atoms with Gasteiger partial charge in [-0.3, -0.25) is 0 Å². The van der Waals surface area contributed by atoms with Crippen molar-refractivity contribution in [3.8, 4) is 0 Å². The van der Waals surface area contributed by atoms with E-state index in [4.69, 9.17) is 5.73 Å². The van der Waals surface area contributed by atoms with Gasteiger partial charge in [0.25, 0.3) is 0 Å². The van der Waals surface area contributed by atoms with E-state index < -0.39 is 0 Å². The van der Waals surface area contributed by atoms with E-state index in [9.17, 15) is 0 Å². The van der Waals surface area contributed by atoms with Crippen molar-refractivity contribution in [2.24, 2.45) is 5.73 Å². The van der Waals surface area contributed by atoms with Gasteiger partial charge in [-0.05, 0) is 25.5 Å². The summed E-state index contributed by atoms with van der Waals surface area (Å²) in [4.78, 5) is 2.38. The summed E-state index contributed by atoms with van der Waals surface area (Å²) in [7, 11) is 0. The molecule has 0 aromatic carbocycles. The second-order valence-corrected chi connectivity index (χ2v) is 3.64. The van der Waals surface area contributed by atoms with Crippen molar-refractivity contribution in [3.63, 3.8) is 0 Å². The SMILES string of the molecule is CC/C(N)=C\C=C(/C)N1CCNCC1. The molecule has 1 heterocycles. The molecule has 0 aromatic heterocycles. The summed E-state index contributed by atoms with van der Waals surface area (Å²) in [6.45, 7) is 8.57. The van der Waals surface area contributed by atoms with Gasteiger partial charge in [0.2, 0.25) is 0 Å². The molecule has 1 fully saturated rings. The molecule has 1 rings (SSSR count). The van der Waals surface area contributed by atoms with E-state index in [1.54, 1.807) is 0 Å². The Kier molecular flexibility index (Phi) is 4.53. The van der Waals surface area contributed by atoms with Crippen LogP contribution in [0, 0.1) is 0 Å². The number of piperazine rings is 1. The summed E-state index contributed by atoms with van der Waals surface area (Å²) < 4.78 is 0. The molecule has 1 saturated heterocycles. The Balaban J connectivity index is 2.49. The first-order chi connectivity index (χ1) is 6.74. The van der Waals surface area contributed by atoms with Crippen molar-refractivity contribution in [2.75, 3.05) is 26.2 Å². The lowest BCUT2D eigenvalue weighted by atomic mass is 10.2. The maximum atomic E-state index is 5.74. The van der Waals surface area contributed by atoms with E-state index in [1.807, 2.05) is 6.08 Å². The van der Waals surface area contributed by atoms with Gasteiger partial charge in [0.15, 0.2) is 0 Å². The maximum absolute atomic E-state index is 5.74. The first kappa shape index (κ1) is 11.1. The summed E-state index contributed by atoms with van der Waals surface area (Å²) in [6, 6.07) is 0. The predicted molar refractivity (Wildman–Crippen MR) is 60.8 cm³/mol. The predicted octanol–water partition coefficient (Wildman–Crippen LogP) is 1.05. The minimum Gasteiger partial charge on any atom is -0.402 e. The van der Waals surface area contributed by atoms with Crippen LogP contribution in [0.3, 0.4) is 0 Å². The molecule has 0 spiro atoms. The smallest absolute Gasteiger partial charge is 0.0300 e. The van der Waals surface area contributed by atoms with Crippen molar-refractivity contribution in [1.82, 2.24) is 10.2 Å². The van der Waals surface area contributed by atoms with E-state index in [1.165, 1.54) is 5.70 Å². The van der Waals surface area contributed by atoms with Crippen molar-refractivity contribution in [3.05, 3.63) is 23.5 Å². The highest BCUT2D eigenvalue weighted by molar-refractivity contribution is 5.14. The zero-order chi connectivity index (χ0) is 10.4. The lowest BCUT2D eigenvalue weighted by Gasteiger charge is -2.29. The first-order valence-corrected chi connectivity index (χ1v) is 5.32. The van der Waals surface area contributed by atoms with Gasteiger partial charge in [-0.1, -0.05) is 6.92 Å². The molecule has 1 aliphatic heterocycles. The van der Waals surface area contributed by atoms with Gasteiger partial charge < -0.3 is 16.0 Å². The second kappa shape index (κ2) is 5.70. The van der Waals surface area contributed by atoms with Crippen LogP contribution in [0.25, 0.3) is 0 Å². The van der Waals surface area contributed by atoms with Crippen LogP contribution in [-0.2, 0) is 0 Å². The Morgan fingerprint density at radius 2 is 2.00 bits per heavy atom. The van der Waals surface area contributed by atoms with Gasteiger partial charge in [0, 0.05) is 37.6 Å². The minimum absolute atomic E-state index is 0.922. The van der Waals surface area contributed by atoms with E-state index in [0.717, 1.165) is 38.3 Å². The van der Waals surface area contributed by atoms with Gasteiger partial charge >= 0.3 is 0 Å². The van der Waals surface area contributed by atoms with E-state index >= 15 is 0 Å². The number of nitrogens with two attached hydrogens (primary N) is 1. The number of hydrogen-bond donors (Lipinski definition) is 2. The Bertz CT molecular complexity index is 225. The van der Waals surface area contributed by atoms with Gasteiger partial charge in [0.1, 0.15) is 0 Å². The normalized spacial score (nSPS) is 20.0. The van der Waals surface area contributed by atoms with Crippen LogP contribution < -0.4 is 11.1 Å². The Labute approximate surface area is 86.7 Å². The molecule has 0 amide bonds. The quantitative estimate of drug-likeness (QED) is 0.661. The maximum Gasteiger partial charge on any atom is 0.0300 e. The standard InChI is InChI=1S/C11H21N3/c1-3-11(12)5-4-10(2)14-8-6-13-7-9-14/h4-5,13H,3,6-9,12H2,1-2H3/b10-4+,11-5+. The van der Waals surface area contributed by atoms with Crippen LogP contribution in [0.4, 0.5) is 0 Å². The fourth-order valence-electron chi connectivity index (χ4n) is 1.47. The number of rotatable bonds is 3. The highest BCUT2D eigenvalue weighted by atomic mass is 15.2. The number of allylic oxidation sites excluding steroid dienone is 4. The molecular weight excluding hydrogens is 174 g/mol. The Hall–Kier alpha value is -0.960. The van der Waals surface area contributed by atoms with Gasteiger partial charge in [0.05, 0.1) is 0 Å². The van der Waals surface area contributed by atoms with E-state index in [-0.39, 0.29) is 0 Å². The van der Waals surface area contributed by atoms with Crippen LogP contribution in [0.5, 0.6) is 0 Å². The fourth-order valence-corrected chi connectivity index (χ4v) is 1.47. The molecule has 0 bridgehead atoms. The van der Waals surface area contributed by atoms with Crippen LogP contribution in [0.1, 0.15) is 20.3 Å². The molecule has 0 aromatic rings. The van der Waals surface area contributed by atoms with Crippen LogP contribution >= 0.6 is 0 Å². The largest absolute Gasteiger partial charge is 0.402 e. The lowest BCUT2D eigenvalue weighted by molar-refractivity contribution is 0.300. The topological polar surface area (TPSA) is 41.3 Å². The molecule has 80 valence electrons. The third-order valence-corrected chi connectivity index (χ3v) is 2.56. The summed E-state index contributed by atoms with van der Waals surface area (Å²) in [5.74, 6) is 0. The van der Waals surface area contributed by atoms with Gasteiger partial charge in [-0.2, -0.15) is 0 Å². The Morgan fingerprint density at radius 3 is 2.57 bits per heavy atom. The molecule has 3 heteroatoms. The zero-order valence-corrected chi connectivity index (χ0v) is 9.21. The highest BCUT2D eigenvalue weighted by Crippen LogP contribution is 2.05. The molecule has 14 heavy (non-hydrogen) atoms. The Morgan fingerprint density at radius 1 is 1.36 bits per heavy atom. The molecule has 1 aliphatic rings. The third kappa shape index (κ3) is 3.42. The number of hydrogen-bond acceptors (Lipinski definition) is 3. The average molecular weight is 195 g/mol. The number of nitrogens with one attached hydrogen (secondary N) is 1. The van der Waals surface area contributed by atoms with Crippen molar-refractivity contribution in [1.29, 1.82) is 0 Å². The fraction of sp³-hybridized carbons (Fsp3) is 0.636. The summed E-state index contributed by atoms with van der Waals surface area (Å²) in [6.07, 6.45) is 5.05. The first-order valence-electron chi connectivity index (χ1n) is 5.32. The second-order valence-electron chi connectivity index (χ2n) is 3.64. The zero-order valence-electron chi connectivity index (χ0n) is 9.21. The molecule has 0 radical (unpaired) electrons. The van der Waals surface area contributed by atoms with E-state index in [0.29, 0.717) is 0 Å². The molecule has 0 atom stereocenters. The lowest BCUT2D eigenvalue weighted by Crippen LogP contribution is -2.42. The third-order valence-electron chi connectivity index (χ3n) is 2.56. The van der Waals surface area contributed by atoms with Gasteiger partial charge in [-0.25, -0.2) is 0 Å². The van der Waals surface area contributed by atoms with Crippen molar-refractivity contribution < 1.29 is 0 Å². The van der Waals surface area contributed by atoms with Crippen molar-refractivity contribution in [2.45, 2.75) is 20.3 Å². The van der Waals surface area contributed by atoms with Crippen molar-refractivity contribution >= 4 is 0 Å². The van der Waals surface area contributed by atoms with E-state index in [2.05, 4.69) is 30.1 Å². The number of nitrogens with zero attached hydrogens (tertiary/aromatic N) is 1. The summed E-state index contributed by atoms with van der Waals surface area (Å²) in [5.41, 5.74) is 7.99. The van der Waals surface area contributed by atoms with Crippen LogP contribution in [-0.4, -0.2) is 31.1 Å².